The van der Waals surface area contributed by atoms with Crippen LogP contribution in [0.15, 0.2) is 76.8 Å². The van der Waals surface area contributed by atoms with Crippen LogP contribution >= 0.6 is 11.8 Å². The molecular weight excluding hydrogens is 426 g/mol. The second-order valence-electron chi connectivity index (χ2n) is 8.14. The SMILES string of the molecule is Cc1ccc(S(=O)(=O)n2cc(CSc3ccccc3)c(CN3CCN(C)CC3)c2)cc1. The lowest BCUT2D eigenvalue weighted by Gasteiger charge is -2.32. The predicted molar refractivity (Wildman–Crippen MR) is 127 cm³/mol. The van der Waals surface area contributed by atoms with E-state index in [1.54, 1.807) is 30.1 Å². The molecule has 0 N–H and O–H groups in total. The largest absolute Gasteiger partial charge is 0.304 e. The van der Waals surface area contributed by atoms with Crippen molar-refractivity contribution in [3.8, 4) is 0 Å². The van der Waals surface area contributed by atoms with Crippen LogP contribution in [0.3, 0.4) is 0 Å². The average molecular weight is 456 g/mol. The van der Waals surface area contributed by atoms with Crippen molar-refractivity contribution in [1.82, 2.24) is 13.8 Å². The van der Waals surface area contributed by atoms with Gasteiger partial charge in [-0.3, -0.25) is 4.90 Å². The summed E-state index contributed by atoms with van der Waals surface area (Å²) in [5.41, 5.74) is 3.20. The monoisotopic (exact) mass is 455 g/mol. The maximum atomic E-state index is 13.3. The van der Waals surface area contributed by atoms with Crippen LogP contribution in [-0.2, 0) is 22.3 Å². The lowest BCUT2D eigenvalue weighted by Crippen LogP contribution is -2.43. The van der Waals surface area contributed by atoms with Crippen molar-refractivity contribution in [3.05, 3.63) is 83.7 Å². The van der Waals surface area contributed by atoms with Crippen LogP contribution in [0.4, 0.5) is 0 Å². The van der Waals surface area contributed by atoms with Gasteiger partial charge >= 0.3 is 0 Å². The summed E-state index contributed by atoms with van der Waals surface area (Å²) in [7, 11) is -1.47. The lowest BCUT2D eigenvalue weighted by atomic mass is 10.2. The number of nitrogens with zero attached hydrogens (tertiary/aromatic N) is 3. The molecule has 0 bridgehead atoms. The van der Waals surface area contributed by atoms with Crippen molar-refractivity contribution in [3.63, 3.8) is 0 Å². The zero-order valence-electron chi connectivity index (χ0n) is 18.1. The second kappa shape index (κ2) is 9.61. The van der Waals surface area contributed by atoms with Gasteiger partial charge in [-0.1, -0.05) is 35.9 Å². The van der Waals surface area contributed by atoms with Crippen LogP contribution in [0.5, 0.6) is 0 Å². The molecule has 164 valence electrons. The molecule has 2 heterocycles. The molecule has 0 amide bonds. The Labute approximate surface area is 189 Å². The molecule has 1 saturated heterocycles. The number of likely N-dealkylation sites (N-methyl/N-ethyl adjacent to an activating group) is 1. The average Bonchev–Trinajstić information content (AvgIpc) is 3.18. The number of piperazine rings is 1. The van der Waals surface area contributed by atoms with Gasteiger partial charge in [0.2, 0.25) is 0 Å². The first-order chi connectivity index (χ1) is 14.9. The van der Waals surface area contributed by atoms with E-state index in [2.05, 4.69) is 29.0 Å². The highest BCUT2D eigenvalue weighted by molar-refractivity contribution is 7.98. The lowest BCUT2D eigenvalue weighted by molar-refractivity contribution is 0.148. The fraction of sp³-hybridized carbons (Fsp3) is 0.333. The fourth-order valence-electron chi connectivity index (χ4n) is 3.68. The first-order valence-electron chi connectivity index (χ1n) is 10.5. The van der Waals surface area contributed by atoms with Crippen molar-refractivity contribution < 1.29 is 8.42 Å². The van der Waals surface area contributed by atoms with E-state index < -0.39 is 10.0 Å². The third kappa shape index (κ3) is 5.41. The number of aromatic nitrogens is 1. The number of aryl methyl sites for hydroxylation is 1. The summed E-state index contributed by atoms with van der Waals surface area (Å²) in [5, 5.41) is 0. The van der Waals surface area contributed by atoms with E-state index in [1.165, 1.54) is 8.87 Å². The molecule has 3 aromatic rings. The van der Waals surface area contributed by atoms with Gasteiger partial charge in [-0.15, -0.1) is 11.8 Å². The molecule has 1 aliphatic rings. The van der Waals surface area contributed by atoms with Crippen LogP contribution in [0.2, 0.25) is 0 Å². The molecule has 1 aromatic heterocycles. The molecule has 0 unspecified atom stereocenters. The van der Waals surface area contributed by atoms with Crippen molar-refractivity contribution in [2.45, 2.75) is 29.0 Å². The van der Waals surface area contributed by atoms with Gasteiger partial charge in [0.25, 0.3) is 10.0 Å². The number of benzene rings is 2. The van der Waals surface area contributed by atoms with Gasteiger partial charge in [-0.05, 0) is 49.4 Å². The molecule has 31 heavy (non-hydrogen) atoms. The first kappa shape index (κ1) is 22.1. The minimum Gasteiger partial charge on any atom is -0.304 e. The standard InChI is InChI=1S/C24H29N3O2S2/c1-20-8-10-24(11-9-20)31(28,29)27-17-21(16-26-14-12-25(2)13-15-26)22(18-27)19-30-23-6-4-3-5-7-23/h3-11,17-18H,12-16,19H2,1-2H3. The van der Waals surface area contributed by atoms with Gasteiger partial charge in [0, 0.05) is 55.8 Å². The Morgan fingerprint density at radius 2 is 1.52 bits per heavy atom. The molecule has 0 atom stereocenters. The van der Waals surface area contributed by atoms with E-state index in [0.717, 1.165) is 55.2 Å². The summed E-state index contributed by atoms with van der Waals surface area (Å²) >= 11 is 1.74. The molecule has 1 fully saturated rings. The molecule has 0 aliphatic carbocycles. The summed E-state index contributed by atoms with van der Waals surface area (Å²) in [6.45, 7) is 6.80. The maximum Gasteiger partial charge on any atom is 0.267 e. The Bertz CT molecular complexity index is 1100. The highest BCUT2D eigenvalue weighted by atomic mass is 32.2. The van der Waals surface area contributed by atoms with E-state index in [0.29, 0.717) is 4.90 Å². The predicted octanol–water partition coefficient (Wildman–Crippen LogP) is 4.07. The van der Waals surface area contributed by atoms with E-state index in [-0.39, 0.29) is 0 Å². The number of hydrogen-bond acceptors (Lipinski definition) is 5. The van der Waals surface area contributed by atoms with Gasteiger partial charge in [0.1, 0.15) is 0 Å². The minimum atomic E-state index is -3.61. The summed E-state index contributed by atoms with van der Waals surface area (Å²) < 4.78 is 27.9. The topological polar surface area (TPSA) is 45.6 Å². The van der Waals surface area contributed by atoms with E-state index >= 15 is 0 Å². The van der Waals surface area contributed by atoms with Gasteiger partial charge in [-0.25, -0.2) is 12.4 Å². The van der Waals surface area contributed by atoms with Gasteiger partial charge in [0.05, 0.1) is 4.90 Å². The quantitative estimate of drug-likeness (QED) is 0.503. The highest BCUT2D eigenvalue weighted by Gasteiger charge is 2.22. The fourth-order valence-corrected chi connectivity index (χ4v) is 5.87. The molecule has 2 aromatic carbocycles. The minimum absolute atomic E-state index is 0.321. The summed E-state index contributed by atoms with van der Waals surface area (Å²) in [5.74, 6) is 0.740. The highest BCUT2D eigenvalue weighted by Crippen LogP contribution is 2.27. The van der Waals surface area contributed by atoms with Crippen molar-refractivity contribution >= 4 is 21.8 Å². The van der Waals surface area contributed by atoms with Crippen molar-refractivity contribution in [2.75, 3.05) is 33.2 Å². The van der Waals surface area contributed by atoms with Gasteiger partial charge < -0.3 is 4.90 Å². The molecule has 4 rings (SSSR count). The number of hydrogen-bond donors (Lipinski definition) is 0. The van der Waals surface area contributed by atoms with Crippen molar-refractivity contribution in [2.24, 2.45) is 0 Å². The smallest absolute Gasteiger partial charge is 0.267 e. The molecular formula is C24H29N3O2S2. The Kier molecular flexibility index (Phi) is 6.86. The number of thioether (sulfide) groups is 1. The molecule has 0 saturated carbocycles. The molecule has 0 radical (unpaired) electrons. The Morgan fingerprint density at radius 3 is 2.19 bits per heavy atom. The molecule has 1 aliphatic heterocycles. The Balaban J connectivity index is 1.61. The number of rotatable bonds is 7. The van der Waals surface area contributed by atoms with Crippen LogP contribution in [0.25, 0.3) is 0 Å². The normalized spacial score (nSPS) is 15.9. The zero-order chi connectivity index (χ0) is 21.8. The molecule has 7 heteroatoms. The maximum absolute atomic E-state index is 13.3. The third-order valence-corrected chi connectivity index (χ3v) is 8.40. The second-order valence-corrected chi connectivity index (χ2v) is 11.0. The Morgan fingerprint density at radius 1 is 0.871 bits per heavy atom. The Hall–Kier alpha value is -2.06. The van der Waals surface area contributed by atoms with Crippen molar-refractivity contribution in [1.29, 1.82) is 0 Å². The van der Waals surface area contributed by atoms with Crippen LogP contribution in [-0.4, -0.2) is 55.4 Å². The van der Waals surface area contributed by atoms with Gasteiger partial charge in [0.15, 0.2) is 0 Å². The zero-order valence-corrected chi connectivity index (χ0v) is 19.7. The summed E-state index contributed by atoms with van der Waals surface area (Å²) in [4.78, 5) is 6.24. The molecule has 0 spiro atoms. The van der Waals surface area contributed by atoms with E-state index in [4.69, 9.17) is 0 Å². The van der Waals surface area contributed by atoms with E-state index in [9.17, 15) is 8.42 Å². The van der Waals surface area contributed by atoms with Crippen LogP contribution < -0.4 is 0 Å². The first-order valence-corrected chi connectivity index (χ1v) is 12.9. The van der Waals surface area contributed by atoms with Crippen LogP contribution in [0.1, 0.15) is 16.7 Å². The summed E-state index contributed by atoms with van der Waals surface area (Å²) in [6.07, 6.45) is 3.62. The van der Waals surface area contributed by atoms with E-state index in [1.807, 2.05) is 43.5 Å². The summed E-state index contributed by atoms with van der Waals surface area (Å²) in [6, 6.07) is 17.3. The molecule has 5 nitrogen and oxygen atoms in total. The van der Waals surface area contributed by atoms with Gasteiger partial charge in [-0.2, -0.15) is 0 Å². The third-order valence-electron chi connectivity index (χ3n) is 5.70. The van der Waals surface area contributed by atoms with Crippen LogP contribution in [0, 0.1) is 6.92 Å².